The smallest absolute Gasteiger partial charge is 0.264 e. The second-order valence-electron chi connectivity index (χ2n) is 6.33. The minimum atomic E-state index is -3.95. The zero-order chi connectivity index (χ0) is 19.2. The maximum Gasteiger partial charge on any atom is 0.264 e. The molecule has 0 saturated heterocycles. The summed E-state index contributed by atoms with van der Waals surface area (Å²) >= 11 is 0. The standard InChI is InChI=1S/C19H23FN2O3S/c1-15(2)12-13-21-19(23)14-22(17-10-8-16(20)9-11-17)26(24,25)18-6-4-3-5-7-18/h3-11,15H,12-14H2,1-2H3,(H,21,23). The summed E-state index contributed by atoms with van der Waals surface area (Å²) in [5, 5.41) is 2.73. The molecule has 0 aliphatic heterocycles. The number of hydrogen-bond acceptors (Lipinski definition) is 3. The van der Waals surface area contributed by atoms with Crippen molar-refractivity contribution in [3.8, 4) is 0 Å². The molecule has 2 aromatic rings. The molecule has 0 bridgehead atoms. The maximum absolute atomic E-state index is 13.2. The highest BCUT2D eigenvalue weighted by Gasteiger charge is 2.27. The lowest BCUT2D eigenvalue weighted by Crippen LogP contribution is -2.41. The summed E-state index contributed by atoms with van der Waals surface area (Å²) in [5.74, 6) is -0.460. The average Bonchev–Trinajstić information content (AvgIpc) is 2.61. The van der Waals surface area contributed by atoms with Gasteiger partial charge in [-0.1, -0.05) is 32.0 Å². The van der Waals surface area contributed by atoms with Crippen molar-refractivity contribution >= 4 is 21.6 Å². The van der Waals surface area contributed by atoms with Crippen LogP contribution in [0, 0.1) is 11.7 Å². The summed E-state index contributed by atoms with van der Waals surface area (Å²) in [6, 6.07) is 12.9. The Morgan fingerprint density at radius 1 is 1.08 bits per heavy atom. The normalized spacial score (nSPS) is 11.4. The molecule has 0 atom stereocenters. The van der Waals surface area contributed by atoms with Crippen molar-refractivity contribution in [2.75, 3.05) is 17.4 Å². The van der Waals surface area contributed by atoms with Crippen molar-refractivity contribution in [3.05, 3.63) is 60.4 Å². The monoisotopic (exact) mass is 378 g/mol. The van der Waals surface area contributed by atoms with E-state index in [4.69, 9.17) is 0 Å². The molecule has 7 heteroatoms. The van der Waals surface area contributed by atoms with E-state index < -0.39 is 21.7 Å². The molecule has 0 aliphatic carbocycles. The number of carbonyl (C=O) groups excluding carboxylic acids is 1. The number of nitrogens with one attached hydrogen (secondary N) is 1. The van der Waals surface area contributed by atoms with Gasteiger partial charge in [-0.2, -0.15) is 0 Å². The Balaban J connectivity index is 2.28. The van der Waals surface area contributed by atoms with Gasteiger partial charge >= 0.3 is 0 Å². The van der Waals surface area contributed by atoms with Crippen LogP contribution < -0.4 is 9.62 Å². The summed E-state index contributed by atoms with van der Waals surface area (Å²) in [5.41, 5.74) is 0.231. The van der Waals surface area contributed by atoms with Crippen molar-refractivity contribution in [2.45, 2.75) is 25.2 Å². The van der Waals surface area contributed by atoms with Crippen LogP contribution in [0.2, 0.25) is 0 Å². The predicted molar refractivity (Wildman–Crippen MR) is 99.8 cm³/mol. The van der Waals surface area contributed by atoms with Crippen LogP contribution in [0.15, 0.2) is 59.5 Å². The van der Waals surface area contributed by atoms with E-state index >= 15 is 0 Å². The number of carbonyl (C=O) groups is 1. The quantitative estimate of drug-likeness (QED) is 0.767. The SMILES string of the molecule is CC(C)CCNC(=O)CN(c1ccc(F)cc1)S(=O)(=O)c1ccccc1. The molecule has 0 radical (unpaired) electrons. The van der Waals surface area contributed by atoms with Crippen molar-refractivity contribution in [3.63, 3.8) is 0 Å². The van der Waals surface area contributed by atoms with Gasteiger partial charge in [0.2, 0.25) is 5.91 Å². The third kappa shape index (κ3) is 5.29. The van der Waals surface area contributed by atoms with Crippen LogP contribution >= 0.6 is 0 Å². The number of hydrogen-bond donors (Lipinski definition) is 1. The third-order valence-corrected chi connectivity index (χ3v) is 5.56. The lowest BCUT2D eigenvalue weighted by molar-refractivity contribution is -0.119. The third-order valence-electron chi connectivity index (χ3n) is 3.78. The molecule has 1 N–H and O–H groups in total. The second kappa shape index (κ2) is 8.80. The van der Waals surface area contributed by atoms with E-state index in [-0.39, 0.29) is 17.1 Å². The summed E-state index contributed by atoms with van der Waals surface area (Å²) in [6.07, 6.45) is 0.799. The molecule has 0 spiro atoms. The summed E-state index contributed by atoms with van der Waals surface area (Å²) in [4.78, 5) is 12.3. The minimum absolute atomic E-state index is 0.0688. The molecule has 0 saturated carbocycles. The first kappa shape index (κ1) is 19.9. The fourth-order valence-corrected chi connectivity index (χ4v) is 3.77. The Morgan fingerprint density at radius 2 is 1.69 bits per heavy atom. The molecular weight excluding hydrogens is 355 g/mol. The van der Waals surface area contributed by atoms with Crippen LogP contribution in [0.3, 0.4) is 0 Å². The number of nitrogens with zero attached hydrogens (tertiary/aromatic N) is 1. The Hall–Kier alpha value is -2.41. The van der Waals surface area contributed by atoms with E-state index in [0.717, 1.165) is 10.7 Å². The molecule has 1 amide bonds. The van der Waals surface area contributed by atoms with E-state index in [0.29, 0.717) is 12.5 Å². The Morgan fingerprint density at radius 3 is 2.27 bits per heavy atom. The first-order chi connectivity index (χ1) is 12.3. The fraction of sp³-hybridized carbons (Fsp3) is 0.316. The summed E-state index contributed by atoms with van der Waals surface area (Å²) < 4.78 is 40.2. The van der Waals surface area contributed by atoms with Gasteiger partial charge in [-0.3, -0.25) is 9.10 Å². The fourth-order valence-electron chi connectivity index (χ4n) is 2.33. The number of benzene rings is 2. The Bertz CT molecular complexity index is 822. The molecule has 0 fully saturated rings. The topological polar surface area (TPSA) is 66.5 Å². The van der Waals surface area contributed by atoms with Gasteiger partial charge in [0.05, 0.1) is 10.6 Å². The second-order valence-corrected chi connectivity index (χ2v) is 8.20. The van der Waals surface area contributed by atoms with Crippen LogP contribution in [0.4, 0.5) is 10.1 Å². The predicted octanol–water partition coefficient (Wildman–Crippen LogP) is 3.18. The first-order valence-corrected chi connectivity index (χ1v) is 9.85. The van der Waals surface area contributed by atoms with Gasteiger partial charge in [0.25, 0.3) is 10.0 Å². The van der Waals surface area contributed by atoms with Gasteiger partial charge in [0, 0.05) is 6.54 Å². The van der Waals surface area contributed by atoms with Gasteiger partial charge in [0.1, 0.15) is 12.4 Å². The molecular formula is C19H23FN2O3S. The minimum Gasteiger partial charge on any atom is -0.355 e. The average molecular weight is 378 g/mol. The van der Waals surface area contributed by atoms with E-state index in [1.165, 1.54) is 36.4 Å². The molecule has 26 heavy (non-hydrogen) atoms. The van der Waals surface area contributed by atoms with E-state index in [2.05, 4.69) is 5.32 Å². The number of anilines is 1. The molecule has 5 nitrogen and oxygen atoms in total. The molecule has 0 unspecified atom stereocenters. The molecule has 140 valence electrons. The lowest BCUT2D eigenvalue weighted by atomic mass is 10.1. The highest BCUT2D eigenvalue weighted by atomic mass is 32.2. The van der Waals surface area contributed by atoms with Gasteiger partial charge in [-0.25, -0.2) is 12.8 Å². The highest BCUT2D eigenvalue weighted by Crippen LogP contribution is 2.23. The summed E-state index contributed by atoms with van der Waals surface area (Å²) in [6.45, 7) is 4.17. The van der Waals surface area contributed by atoms with Crippen LogP contribution in [0.5, 0.6) is 0 Å². The molecule has 0 aromatic heterocycles. The highest BCUT2D eigenvalue weighted by molar-refractivity contribution is 7.92. The van der Waals surface area contributed by atoms with E-state index in [1.54, 1.807) is 18.2 Å². The van der Waals surface area contributed by atoms with Crippen LogP contribution in [-0.2, 0) is 14.8 Å². The van der Waals surface area contributed by atoms with Crippen LogP contribution in [-0.4, -0.2) is 27.4 Å². The van der Waals surface area contributed by atoms with Crippen molar-refractivity contribution in [1.29, 1.82) is 0 Å². The molecule has 0 heterocycles. The van der Waals surface area contributed by atoms with Gasteiger partial charge in [-0.05, 0) is 48.7 Å². The van der Waals surface area contributed by atoms with Gasteiger partial charge < -0.3 is 5.32 Å². The number of sulfonamides is 1. The van der Waals surface area contributed by atoms with Crippen LogP contribution in [0.1, 0.15) is 20.3 Å². The largest absolute Gasteiger partial charge is 0.355 e. The Labute approximate surface area is 153 Å². The van der Waals surface area contributed by atoms with E-state index in [9.17, 15) is 17.6 Å². The first-order valence-electron chi connectivity index (χ1n) is 8.41. The maximum atomic E-state index is 13.2. The van der Waals surface area contributed by atoms with Crippen LogP contribution in [0.25, 0.3) is 0 Å². The number of amides is 1. The molecule has 2 rings (SSSR count). The van der Waals surface area contributed by atoms with Crippen molar-refractivity contribution < 1.29 is 17.6 Å². The lowest BCUT2D eigenvalue weighted by Gasteiger charge is -2.24. The number of rotatable bonds is 8. The zero-order valence-electron chi connectivity index (χ0n) is 14.9. The van der Waals surface area contributed by atoms with E-state index in [1.807, 2.05) is 13.8 Å². The Kier molecular flexibility index (Phi) is 6.74. The molecule has 0 aliphatic rings. The van der Waals surface area contributed by atoms with Gasteiger partial charge in [0.15, 0.2) is 0 Å². The van der Waals surface area contributed by atoms with Crippen molar-refractivity contribution in [1.82, 2.24) is 5.32 Å². The summed E-state index contributed by atoms with van der Waals surface area (Å²) in [7, 11) is -3.95. The zero-order valence-corrected chi connectivity index (χ0v) is 15.7. The van der Waals surface area contributed by atoms with Gasteiger partial charge in [-0.15, -0.1) is 0 Å². The van der Waals surface area contributed by atoms with Crippen molar-refractivity contribution in [2.24, 2.45) is 5.92 Å². The number of halogens is 1. The molecule has 2 aromatic carbocycles.